The lowest BCUT2D eigenvalue weighted by atomic mass is 10.2. The molecule has 0 aromatic carbocycles. The quantitative estimate of drug-likeness (QED) is 0.665. The molecule has 0 spiro atoms. The van der Waals surface area contributed by atoms with Gasteiger partial charge in [-0.2, -0.15) is 0 Å². The highest BCUT2D eigenvalue weighted by atomic mass is 32.2. The molecule has 0 saturated heterocycles. The minimum absolute atomic E-state index is 0.169. The van der Waals surface area contributed by atoms with E-state index in [-0.39, 0.29) is 5.56 Å². The molecule has 7 heteroatoms. The minimum atomic E-state index is -4.03. The first-order valence-corrected chi connectivity index (χ1v) is 5.24. The molecule has 0 fully saturated rings. The molecule has 76 valence electrons. The summed E-state index contributed by atoms with van der Waals surface area (Å²) in [5, 5.41) is 3.32. The Kier molecular flexibility index (Phi) is 2.82. The number of amides is 1. The molecule has 0 aliphatic carbocycles. The number of hydrogen-bond acceptors (Lipinski definition) is 4. The summed E-state index contributed by atoms with van der Waals surface area (Å²) in [5.41, 5.74) is 5.10. The maximum Gasteiger partial charge on any atom is 0.241 e. The smallest absolute Gasteiger partial charge is 0.241 e. The van der Waals surface area contributed by atoms with E-state index in [1.807, 2.05) is 0 Å². The van der Waals surface area contributed by atoms with Crippen LogP contribution in [-0.2, 0) is 14.8 Å². The Hall–Kier alpha value is -1.47. The van der Waals surface area contributed by atoms with Crippen molar-refractivity contribution in [1.29, 1.82) is 0 Å². The Labute approximate surface area is 81.0 Å². The van der Waals surface area contributed by atoms with Gasteiger partial charge in [0.2, 0.25) is 15.9 Å². The highest BCUT2D eigenvalue weighted by Crippen LogP contribution is 2.17. The zero-order valence-corrected chi connectivity index (χ0v) is 7.94. The van der Waals surface area contributed by atoms with E-state index in [9.17, 15) is 13.2 Å². The zero-order valence-electron chi connectivity index (χ0n) is 7.12. The summed E-state index contributed by atoms with van der Waals surface area (Å²) in [6.45, 7) is 0. The molecular formula is C7H9N3O3S. The topological polar surface area (TPSA) is 116 Å². The van der Waals surface area contributed by atoms with Crippen LogP contribution in [0.3, 0.4) is 0 Å². The lowest BCUT2D eigenvalue weighted by Crippen LogP contribution is -2.32. The fourth-order valence-corrected chi connectivity index (χ4v) is 1.89. The van der Waals surface area contributed by atoms with E-state index in [1.165, 1.54) is 24.5 Å². The molecule has 1 atom stereocenters. The molecule has 0 radical (unpaired) electrons. The Morgan fingerprint density at radius 3 is 2.50 bits per heavy atom. The van der Waals surface area contributed by atoms with Crippen LogP contribution >= 0.6 is 0 Å². The predicted molar refractivity (Wildman–Crippen MR) is 49.3 cm³/mol. The number of hydrogen-bond donors (Lipinski definition) is 2. The molecular weight excluding hydrogens is 206 g/mol. The van der Waals surface area contributed by atoms with Gasteiger partial charge in [-0.25, -0.2) is 13.6 Å². The third kappa shape index (κ3) is 2.27. The molecule has 4 N–H and O–H groups in total. The third-order valence-electron chi connectivity index (χ3n) is 1.57. The molecule has 1 aromatic heterocycles. The van der Waals surface area contributed by atoms with Crippen LogP contribution in [0.1, 0.15) is 10.8 Å². The lowest BCUT2D eigenvalue weighted by molar-refractivity contribution is -0.117. The van der Waals surface area contributed by atoms with Crippen molar-refractivity contribution in [2.24, 2.45) is 10.9 Å². The standard InChI is InChI=1S/C7H9N3O3S/c8-7(11)6(14(9,12)13)5-2-1-3-10-4-5/h1-4,6H,(H2,8,11)(H2,9,12,13). The van der Waals surface area contributed by atoms with Crippen LogP contribution in [0.4, 0.5) is 0 Å². The number of primary sulfonamides is 1. The van der Waals surface area contributed by atoms with Crippen LogP contribution in [0.2, 0.25) is 0 Å². The summed E-state index contributed by atoms with van der Waals surface area (Å²) in [5.74, 6) is -1.01. The average molecular weight is 215 g/mol. The zero-order chi connectivity index (χ0) is 10.8. The monoisotopic (exact) mass is 215 g/mol. The lowest BCUT2D eigenvalue weighted by Gasteiger charge is -2.09. The number of nitrogens with zero attached hydrogens (tertiary/aromatic N) is 1. The van der Waals surface area contributed by atoms with Gasteiger partial charge in [-0.3, -0.25) is 9.78 Å². The number of sulfonamides is 1. The summed E-state index contributed by atoms with van der Waals surface area (Å²) < 4.78 is 22.0. The largest absolute Gasteiger partial charge is 0.368 e. The number of pyridine rings is 1. The highest BCUT2D eigenvalue weighted by Gasteiger charge is 2.29. The maximum atomic E-state index is 11.0. The Bertz CT molecular complexity index is 429. The molecule has 0 aliphatic heterocycles. The number of carbonyl (C=O) groups is 1. The SMILES string of the molecule is NC(=O)C(c1cccnc1)S(N)(=O)=O. The molecule has 1 rings (SSSR count). The number of aromatic nitrogens is 1. The second kappa shape index (κ2) is 3.72. The van der Waals surface area contributed by atoms with E-state index in [0.29, 0.717) is 0 Å². The van der Waals surface area contributed by atoms with Crippen LogP contribution in [0, 0.1) is 0 Å². The molecule has 1 unspecified atom stereocenters. The van der Waals surface area contributed by atoms with Gasteiger partial charge in [0.25, 0.3) is 0 Å². The fraction of sp³-hybridized carbons (Fsp3) is 0.143. The predicted octanol–water partition coefficient (Wildman–Crippen LogP) is -1.10. The number of primary amides is 1. The van der Waals surface area contributed by atoms with E-state index in [0.717, 1.165) is 0 Å². The molecule has 1 amide bonds. The van der Waals surface area contributed by atoms with Crippen LogP contribution in [-0.4, -0.2) is 19.3 Å². The normalized spacial score (nSPS) is 13.5. The van der Waals surface area contributed by atoms with Crippen LogP contribution in [0.15, 0.2) is 24.5 Å². The van der Waals surface area contributed by atoms with Gasteiger partial charge in [0.1, 0.15) is 0 Å². The summed E-state index contributed by atoms with van der Waals surface area (Å²) in [6.07, 6.45) is 2.69. The summed E-state index contributed by atoms with van der Waals surface area (Å²) in [6, 6.07) is 2.92. The van der Waals surface area contributed by atoms with Crippen molar-refractivity contribution >= 4 is 15.9 Å². The van der Waals surface area contributed by atoms with E-state index in [4.69, 9.17) is 10.9 Å². The fourth-order valence-electron chi connectivity index (χ4n) is 1.05. The van der Waals surface area contributed by atoms with Crippen molar-refractivity contribution in [1.82, 2.24) is 4.98 Å². The van der Waals surface area contributed by atoms with Gasteiger partial charge in [0.05, 0.1) is 0 Å². The minimum Gasteiger partial charge on any atom is -0.368 e. The van der Waals surface area contributed by atoms with Gasteiger partial charge in [-0.15, -0.1) is 0 Å². The van der Waals surface area contributed by atoms with Crippen LogP contribution in [0.25, 0.3) is 0 Å². The summed E-state index contributed by atoms with van der Waals surface area (Å²) in [4.78, 5) is 14.6. The van der Waals surface area contributed by atoms with E-state index in [1.54, 1.807) is 0 Å². The van der Waals surface area contributed by atoms with Crippen molar-refractivity contribution < 1.29 is 13.2 Å². The molecule has 0 bridgehead atoms. The molecule has 0 saturated carbocycles. The van der Waals surface area contributed by atoms with Gasteiger partial charge in [-0.05, 0) is 11.6 Å². The average Bonchev–Trinajstić information content (AvgIpc) is 2.02. The first kappa shape index (κ1) is 10.6. The highest BCUT2D eigenvalue weighted by molar-refractivity contribution is 7.90. The maximum absolute atomic E-state index is 11.0. The van der Waals surface area contributed by atoms with Gasteiger partial charge < -0.3 is 5.73 Å². The third-order valence-corrected chi connectivity index (χ3v) is 2.74. The van der Waals surface area contributed by atoms with Crippen LogP contribution in [0.5, 0.6) is 0 Å². The van der Waals surface area contributed by atoms with Gasteiger partial charge in [0.15, 0.2) is 5.25 Å². The van der Waals surface area contributed by atoms with E-state index in [2.05, 4.69) is 4.98 Å². The number of rotatable bonds is 3. The van der Waals surface area contributed by atoms with E-state index >= 15 is 0 Å². The van der Waals surface area contributed by atoms with Crippen LogP contribution < -0.4 is 10.9 Å². The van der Waals surface area contributed by atoms with Crippen molar-refractivity contribution in [2.45, 2.75) is 5.25 Å². The van der Waals surface area contributed by atoms with Gasteiger partial charge >= 0.3 is 0 Å². The first-order valence-electron chi connectivity index (χ1n) is 3.64. The molecule has 6 nitrogen and oxygen atoms in total. The van der Waals surface area contributed by atoms with Crippen molar-refractivity contribution in [3.05, 3.63) is 30.1 Å². The summed E-state index contributed by atoms with van der Waals surface area (Å²) in [7, 11) is -4.03. The summed E-state index contributed by atoms with van der Waals surface area (Å²) >= 11 is 0. The second-order valence-corrected chi connectivity index (χ2v) is 4.31. The Morgan fingerprint density at radius 2 is 2.14 bits per heavy atom. The van der Waals surface area contributed by atoms with Crippen molar-refractivity contribution in [3.63, 3.8) is 0 Å². The van der Waals surface area contributed by atoms with Crippen molar-refractivity contribution in [2.75, 3.05) is 0 Å². The van der Waals surface area contributed by atoms with E-state index < -0.39 is 21.2 Å². The number of carbonyl (C=O) groups excluding carboxylic acids is 1. The molecule has 14 heavy (non-hydrogen) atoms. The first-order chi connectivity index (χ1) is 6.43. The Balaban J connectivity index is 3.22. The van der Waals surface area contributed by atoms with Crippen molar-refractivity contribution in [3.8, 4) is 0 Å². The molecule has 1 aromatic rings. The van der Waals surface area contributed by atoms with Gasteiger partial charge in [-0.1, -0.05) is 6.07 Å². The molecule has 1 heterocycles. The number of nitrogens with two attached hydrogens (primary N) is 2. The molecule has 0 aliphatic rings. The van der Waals surface area contributed by atoms with Gasteiger partial charge in [0, 0.05) is 12.4 Å². The Morgan fingerprint density at radius 1 is 1.50 bits per heavy atom. The second-order valence-electron chi connectivity index (χ2n) is 2.66.